The maximum atomic E-state index is 12.5. The van der Waals surface area contributed by atoms with Crippen LogP contribution in [0.2, 0.25) is 0 Å². The Bertz CT molecular complexity index is 495. The van der Waals surface area contributed by atoms with E-state index in [4.69, 9.17) is 0 Å². The molecule has 0 spiro atoms. The molecule has 21 heavy (non-hydrogen) atoms. The number of carbonyl (C=O) groups is 1. The van der Waals surface area contributed by atoms with Crippen molar-refractivity contribution in [1.29, 1.82) is 0 Å². The average molecular weight is 291 g/mol. The summed E-state index contributed by atoms with van der Waals surface area (Å²) in [5, 5.41) is 18.8. The molecule has 1 fully saturated rings. The lowest BCUT2D eigenvalue weighted by atomic mass is 9.92. The first-order chi connectivity index (χ1) is 9.99. The van der Waals surface area contributed by atoms with Gasteiger partial charge in [0.15, 0.2) is 11.5 Å². The van der Waals surface area contributed by atoms with Crippen molar-refractivity contribution in [2.24, 2.45) is 5.92 Å². The maximum absolute atomic E-state index is 12.5. The Labute approximate surface area is 126 Å². The van der Waals surface area contributed by atoms with Crippen LogP contribution in [0.15, 0.2) is 18.2 Å². The predicted molar refractivity (Wildman–Crippen MR) is 82.3 cm³/mol. The third kappa shape index (κ3) is 3.90. The first-order valence-electron chi connectivity index (χ1n) is 7.76. The third-order valence-corrected chi connectivity index (χ3v) is 4.47. The number of phenolic OH excluding ortho intramolecular Hbond substituents is 2. The van der Waals surface area contributed by atoms with E-state index in [-0.39, 0.29) is 23.3 Å². The van der Waals surface area contributed by atoms with E-state index in [1.807, 2.05) is 18.9 Å². The zero-order valence-electron chi connectivity index (χ0n) is 12.9. The van der Waals surface area contributed by atoms with Crippen molar-refractivity contribution in [3.05, 3.63) is 23.8 Å². The second-order valence-corrected chi connectivity index (χ2v) is 6.17. The van der Waals surface area contributed by atoms with Gasteiger partial charge >= 0.3 is 0 Å². The van der Waals surface area contributed by atoms with Crippen LogP contribution in [0.25, 0.3) is 0 Å². The number of hydrogen-bond donors (Lipinski definition) is 2. The van der Waals surface area contributed by atoms with Crippen LogP contribution in [-0.2, 0) is 11.2 Å². The van der Waals surface area contributed by atoms with Gasteiger partial charge in [-0.15, -0.1) is 0 Å². The first-order valence-corrected chi connectivity index (χ1v) is 7.76. The standard InChI is InChI=1S/C17H25NO3/c1-12(10-13-8-9-15(19)16(20)11-13)17(21)18(2)14-6-4-3-5-7-14/h8-9,11-12,14,19-20H,3-7,10H2,1-2H3. The maximum Gasteiger partial charge on any atom is 0.225 e. The Morgan fingerprint density at radius 3 is 2.52 bits per heavy atom. The van der Waals surface area contributed by atoms with Gasteiger partial charge in [-0.25, -0.2) is 0 Å². The van der Waals surface area contributed by atoms with E-state index in [9.17, 15) is 15.0 Å². The highest BCUT2D eigenvalue weighted by Crippen LogP contribution is 2.27. The third-order valence-electron chi connectivity index (χ3n) is 4.47. The lowest BCUT2D eigenvalue weighted by molar-refractivity contribution is -0.136. The molecule has 2 N–H and O–H groups in total. The summed E-state index contributed by atoms with van der Waals surface area (Å²) in [7, 11) is 1.91. The smallest absolute Gasteiger partial charge is 0.225 e. The number of hydrogen-bond acceptors (Lipinski definition) is 3. The van der Waals surface area contributed by atoms with Gasteiger partial charge in [0.05, 0.1) is 0 Å². The molecular formula is C17H25NO3. The summed E-state index contributed by atoms with van der Waals surface area (Å²) in [4.78, 5) is 14.4. The van der Waals surface area contributed by atoms with Gasteiger partial charge in [0.25, 0.3) is 0 Å². The molecule has 1 unspecified atom stereocenters. The zero-order valence-corrected chi connectivity index (χ0v) is 12.9. The number of amides is 1. The van der Waals surface area contributed by atoms with Gasteiger partial charge < -0.3 is 15.1 Å². The number of rotatable bonds is 4. The zero-order chi connectivity index (χ0) is 15.4. The summed E-state index contributed by atoms with van der Waals surface area (Å²) in [6, 6.07) is 5.12. The SMILES string of the molecule is CC(Cc1ccc(O)c(O)c1)C(=O)N(C)C1CCCCC1. The molecule has 4 heteroatoms. The molecule has 0 saturated heterocycles. The summed E-state index contributed by atoms with van der Waals surface area (Å²) in [5.41, 5.74) is 0.864. The Balaban J connectivity index is 1.96. The molecule has 1 amide bonds. The number of phenols is 2. The van der Waals surface area contributed by atoms with E-state index in [0.717, 1.165) is 18.4 Å². The van der Waals surface area contributed by atoms with Crippen LogP contribution < -0.4 is 0 Å². The van der Waals surface area contributed by atoms with Gasteiger partial charge in [0, 0.05) is 19.0 Å². The lowest BCUT2D eigenvalue weighted by Gasteiger charge is -2.33. The Morgan fingerprint density at radius 2 is 1.90 bits per heavy atom. The molecule has 2 rings (SSSR count). The average Bonchev–Trinajstić information content (AvgIpc) is 2.50. The van der Waals surface area contributed by atoms with E-state index in [1.54, 1.807) is 6.07 Å². The van der Waals surface area contributed by atoms with Gasteiger partial charge in [-0.1, -0.05) is 32.3 Å². The van der Waals surface area contributed by atoms with Gasteiger partial charge in [-0.3, -0.25) is 4.79 Å². The summed E-state index contributed by atoms with van der Waals surface area (Å²) in [6.45, 7) is 1.92. The molecule has 0 aromatic heterocycles. The van der Waals surface area contributed by atoms with Crippen LogP contribution in [0.1, 0.15) is 44.6 Å². The van der Waals surface area contributed by atoms with Crippen LogP contribution in [0, 0.1) is 5.92 Å². The van der Waals surface area contributed by atoms with Crippen molar-refractivity contribution in [2.45, 2.75) is 51.5 Å². The molecule has 4 nitrogen and oxygen atoms in total. The molecule has 116 valence electrons. The fourth-order valence-corrected chi connectivity index (χ4v) is 3.13. The topological polar surface area (TPSA) is 60.8 Å². The van der Waals surface area contributed by atoms with E-state index in [0.29, 0.717) is 12.5 Å². The molecular weight excluding hydrogens is 266 g/mol. The van der Waals surface area contributed by atoms with Gasteiger partial charge in [0.2, 0.25) is 5.91 Å². The van der Waals surface area contributed by atoms with Crippen LogP contribution in [0.3, 0.4) is 0 Å². The molecule has 1 aromatic rings. The minimum atomic E-state index is -0.132. The summed E-state index contributed by atoms with van der Waals surface area (Å²) in [6.07, 6.45) is 6.49. The minimum absolute atomic E-state index is 0.124. The number of benzene rings is 1. The van der Waals surface area contributed by atoms with Crippen LogP contribution >= 0.6 is 0 Å². The van der Waals surface area contributed by atoms with Crippen LogP contribution in [0.5, 0.6) is 11.5 Å². The highest BCUT2D eigenvalue weighted by atomic mass is 16.3. The molecule has 1 saturated carbocycles. The van der Waals surface area contributed by atoms with E-state index >= 15 is 0 Å². The Morgan fingerprint density at radius 1 is 1.24 bits per heavy atom. The minimum Gasteiger partial charge on any atom is -0.504 e. The molecule has 1 aliphatic carbocycles. The molecule has 1 aliphatic rings. The summed E-state index contributed by atoms with van der Waals surface area (Å²) in [5.74, 6) is -0.222. The van der Waals surface area contributed by atoms with Gasteiger partial charge in [0.1, 0.15) is 0 Å². The number of carbonyl (C=O) groups excluding carboxylic acids is 1. The van der Waals surface area contributed by atoms with Crippen molar-refractivity contribution in [3.8, 4) is 11.5 Å². The first kappa shape index (κ1) is 15.7. The molecule has 0 heterocycles. The van der Waals surface area contributed by atoms with Crippen LogP contribution in [-0.4, -0.2) is 34.1 Å². The highest BCUT2D eigenvalue weighted by molar-refractivity contribution is 5.78. The Kier molecular flexibility index (Phi) is 5.10. The van der Waals surface area contributed by atoms with Crippen molar-refractivity contribution in [1.82, 2.24) is 4.90 Å². The summed E-state index contributed by atoms with van der Waals surface area (Å²) >= 11 is 0. The molecule has 0 aliphatic heterocycles. The Hall–Kier alpha value is -1.71. The lowest BCUT2D eigenvalue weighted by Crippen LogP contribution is -2.41. The molecule has 1 aromatic carbocycles. The second kappa shape index (κ2) is 6.83. The van der Waals surface area contributed by atoms with Crippen molar-refractivity contribution < 1.29 is 15.0 Å². The highest BCUT2D eigenvalue weighted by Gasteiger charge is 2.25. The van der Waals surface area contributed by atoms with Crippen molar-refractivity contribution in [3.63, 3.8) is 0 Å². The van der Waals surface area contributed by atoms with Crippen LogP contribution in [0.4, 0.5) is 0 Å². The fourth-order valence-electron chi connectivity index (χ4n) is 3.13. The predicted octanol–water partition coefficient (Wildman–Crippen LogP) is 3.07. The molecule has 1 atom stereocenters. The monoisotopic (exact) mass is 291 g/mol. The number of aromatic hydroxyl groups is 2. The van der Waals surface area contributed by atoms with E-state index < -0.39 is 0 Å². The molecule has 0 radical (unpaired) electrons. The normalized spacial score (nSPS) is 17.4. The van der Waals surface area contributed by atoms with Gasteiger partial charge in [-0.05, 0) is 37.0 Å². The van der Waals surface area contributed by atoms with E-state index in [1.165, 1.54) is 31.4 Å². The fraction of sp³-hybridized carbons (Fsp3) is 0.588. The quantitative estimate of drug-likeness (QED) is 0.838. The molecule has 0 bridgehead atoms. The van der Waals surface area contributed by atoms with Crippen molar-refractivity contribution >= 4 is 5.91 Å². The van der Waals surface area contributed by atoms with Gasteiger partial charge in [-0.2, -0.15) is 0 Å². The van der Waals surface area contributed by atoms with Crippen molar-refractivity contribution in [2.75, 3.05) is 7.05 Å². The van der Waals surface area contributed by atoms with E-state index in [2.05, 4.69) is 0 Å². The largest absolute Gasteiger partial charge is 0.504 e. The number of nitrogens with zero attached hydrogens (tertiary/aromatic N) is 1. The second-order valence-electron chi connectivity index (χ2n) is 6.17. The summed E-state index contributed by atoms with van der Waals surface area (Å²) < 4.78 is 0.